The van der Waals surface area contributed by atoms with E-state index in [2.05, 4.69) is 63.6 Å². The van der Waals surface area contributed by atoms with E-state index in [0.717, 1.165) is 0 Å². The Morgan fingerprint density at radius 1 is 0.737 bits per heavy atom. The molecule has 0 radical (unpaired) electrons. The average molecular weight is 326 g/mol. The van der Waals surface area contributed by atoms with Gasteiger partial charge in [-0.15, -0.1) is 0 Å². The summed E-state index contributed by atoms with van der Waals surface area (Å²) in [6, 6.07) is 0. The molecule has 0 N–H and O–H groups in total. The second-order valence-electron chi connectivity index (χ2n) is 7.55. The van der Waals surface area contributed by atoms with Crippen LogP contribution in [0.4, 0.5) is 0 Å². The van der Waals surface area contributed by atoms with E-state index < -0.39 is 16.1 Å². The summed E-state index contributed by atoms with van der Waals surface area (Å²) in [7, 11) is -2.28. The molecule has 103 valence electrons. The number of rotatable bonds is 4. The predicted octanol–water partition coefficient (Wildman–Crippen LogP) is 5.25. The summed E-state index contributed by atoms with van der Waals surface area (Å²) in [5.74, 6) is 0. The van der Waals surface area contributed by atoms with E-state index in [9.17, 15) is 0 Å². The summed E-state index contributed by atoms with van der Waals surface area (Å²) < 4.78 is 3.62. The number of allylic oxidation sites excluding steroid dienone is 8. The van der Waals surface area contributed by atoms with Crippen LogP contribution in [0, 0.1) is 0 Å². The molecule has 0 nitrogen and oxygen atoms in total. The third kappa shape index (κ3) is 3.55. The van der Waals surface area contributed by atoms with Crippen LogP contribution in [0.25, 0.3) is 0 Å². The van der Waals surface area contributed by atoms with Gasteiger partial charge in [0.2, 0.25) is 0 Å². The molecule has 0 fully saturated rings. The van der Waals surface area contributed by atoms with E-state index >= 15 is 0 Å². The van der Waals surface area contributed by atoms with Crippen molar-refractivity contribution in [3.63, 3.8) is 0 Å². The minimum atomic E-state index is -1.14. The van der Waals surface area contributed by atoms with Crippen molar-refractivity contribution in [3.05, 3.63) is 43.3 Å². The second-order valence-corrected chi connectivity index (χ2v) is 19.7. The molecule has 0 unspecified atom stereocenters. The molecule has 2 aliphatic carbocycles. The standard InChI is InChI=1S/2C8H13Si.V/c2*1-9(2,3)8-6-4-5-7-8;/h2*4,6H,5H2,1-3H3;. The Morgan fingerprint density at radius 2 is 1.11 bits per heavy atom. The van der Waals surface area contributed by atoms with Crippen molar-refractivity contribution in [2.45, 2.75) is 52.1 Å². The monoisotopic (exact) mass is 325 g/mol. The summed E-state index contributed by atoms with van der Waals surface area (Å²) in [4.78, 5) is 0. The fraction of sp³-hybridized carbons (Fsp3) is 0.500. The van der Waals surface area contributed by atoms with E-state index in [1.54, 1.807) is 10.4 Å². The van der Waals surface area contributed by atoms with E-state index in [4.69, 9.17) is 0 Å². The summed E-state index contributed by atoms with van der Waals surface area (Å²) >= 11 is 0.276. The van der Waals surface area contributed by atoms with Crippen molar-refractivity contribution in [2.24, 2.45) is 0 Å². The van der Waals surface area contributed by atoms with Crippen LogP contribution in [0.2, 0.25) is 39.3 Å². The Kier molecular flexibility index (Phi) is 4.37. The van der Waals surface area contributed by atoms with Gasteiger partial charge >= 0.3 is 128 Å². The molecule has 0 heterocycles. The first-order valence-electron chi connectivity index (χ1n) is 7.21. The molecule has 0 saturated heterocycles. The molecule has 0 spiro atoms. The molecule has 2 aliphatic rings. The van der Waals surface area contributed by atoms with Gasteiger partial charge in [0.05, 0.1) is 0 Å². The van der Waals surface area contributed by atoms with Gasteiger partial charge in [0.15, 0.2) is 0 Å². The first-order chi connectivity index (χ1) is 8.69. The van der Waals surface area contributed by atoms with Gasteiger partial charge in [-0.2, -0.15) is 0 Å². The van der Waals surface area contributed by atoms with Crippen LogP contribution >= 0.6 is 0 Å². The van der Waals surface area contributed by atoms with Gasteiger partial charge in [-0.05, 0) is 0 Å². The first-order valence-corrected chi connectivity index (χ1v) is 15.6. The van der Waals surface area contributed by atoms with Crippen molar-refractivity contribution in [1.29, 1.82) is 0 Å². The summed E-state index contributed by atoms with van der Waals surface area (Å²) in [5.41, 5.74) is 0. The van der Waals surface area contributed by atoms with E-state index in [-0.39, 0.29) is 16.3 Å². The molecule has 2 rings (SSSR count). The molecule has 0 aliphatic heterocycles. The molecular formula is C16H26Si2V. The van der Waals surface area contributed by atoms with Crippen LogP contribution in [-0.2, 0) is 16.3 Å². The fourth-order valence-electron chi connectivity index (χ4n) is 2.73. The summed E-state index contributed by atoms with van der Waals surface area (Å²) in [6.45, 7) is 14.9. The zero-order valence-electron chi connectivity index (χ0n) is 13.2. The summed E-state index contributed by atoms with van der Waals surface area (Å²) in [5, 5.41) is 3.50. The Morgan fingerprint density at radius 3 is 1.42 bits per heavy atom. The van der Waals surface area contributed by atoms with Gasteiger partial charge in [0.1, 0.15) is 0 Å². The molecule has 0 aromatic heterocycles. The zero-order chi connectivity index (χ0) is 14.3. The van der Waals surface area contributed by atoms with Gasteiger partial charge in [0, 0.05) is 0 Å². The first kappa shape index (κ1) is 15.4. The van der Waals surface area contributed by atoms with Gasteiger partial charge in [-0.25, -0.2) is 0 Å². The number of hydrogen-bond donors (Lipinski definition) is 0. The number of hydrogen-bond acceptors (Lipinski definition) is 0. The second kappa shape index (κ2) is 5.40. The van der Waals surface area contributed by atoms with Crippen LogP contribution in [0.3, 0.4) is 0 Å². The van der Waals surface area contributed by atoms with Crippen molar-refractivity contribution < 1.29 is 16.3 Å². The van der Waals surface area contributed by atoms with Gasteiger partial charge in [-0.3, -0.25) is 0 Å². The third-order valence-electron chi connectivity index (χ3n) is 3.70. The normalized spacial score (nSPS) is 19.9. The Labute approximate surface area is 127 Å². The molecule has 0 atom stereocenters. The van der Waals surface area contributed by atoms with Crippen LogP contribution in [-0.4, -0.2) is 16.1 Å². The van der Waals surface area contributed by atoms with E-state index in [0.29, 0.717) is 0 Å². The molecule has 0 amide bonds. The van der Waals surface area contributed by atoms with Crippen LogP contribution < -0.4 is 0 Å². The Bertz CT molecular complexity index is 448. The van der Waals surface area contributed by atoms with Crippen LogP contribution in [0.1, 0.15) is 12.8 Å². The molecule has 0 bridgehead atoms. The molecule has 0 aromatic carbocycles. The maximum atomic E-state index is 2.49. The Hall–Kier alpha value is -0.0218. The quantitative estimate of drug-likeness (QED) is 0.619. The van der Waals surface area contributed by atoms with Crippen molar-refractivity contribution in [2.75, 3.05) is 0 Å². The minimum absolute atomic E-state index is 0.276. The molecule has 19 heavy (non-hydrogen) atoms. The molecule has 0 aromatic rings. The fourth-order valence-corrected chi connectivity index (χ4v) is 11.2. The SMILES string of the molecule is C[Si](C)(C)C1=[C]([V][C]2=C([Si](C)(C)C)C=CC2)CC=C1. The van der Waals surface area contributed by atoms with Crippen molar-refractivity contribution in [3.8, 4) is 0 Å². The maximum absolute atomic E-state index is 2.49. The van der Waals surface area contributed by atoms with Crippen LogP contribution in [0.15, 0.2) is 43.3 Å². The third-order valence-corrected chi connectivity index (χ3v) is 10.7. The molecular weight excluding hydrogens is 299 g/mol. The molecule has 3 heteroatoms. The van der Waals surface area contributed by atoms with Gasteiger partial charge in [-0.1, -0.05) is 0 Å². The molecule has 0 saturated carbocycles. The summed E-state index contributed by atoms with van der Waals surface area (Å²) in [6.07, 6.45) is 12.2. The van der Waals surface area contributed by atoms with E-state index in [1.165, 1.54) is 12.8 Å². The average Bonchev–Trinajstić information content (AvgIpc) is 2.83. The van der Waals surface area contributed by atoms with Crippen molar-refractivity contribution >= 4 is 16.1 Å². The van der Waals surface area contributed by atoms with Gasteiger partial charge in [0.25, 0.3) is 0 Å². The Balaban J connectivity index is 2.28. The van der Waals surface area contributed by atoms with Gasteiger partial charge < -0.3 is 0 Å². The topological polar surface area (TPSA) is 0 Å². The predicted molar refractivity (Wildman–Crippen MR) is 88.3 cm³/mol. The zero-order valence-corrected chi connectivity index (χ0v) is 16.6. The van der Waals surface area contributed by atoms with E-state index in [1.807, 2.05) is 8.57 Å². The van der Waals surface area contributed by atoms with Crippen LogP contribution in [0.5, 0.6) is 0 Å². The van der Waals surface area contributed by atoms with Crippen molar-refractivity contribution in [1.82, 2.24) is 0 Å².